The summed E-state index contributed by atoms with van der Waals surface area (Å²) in [6.07, 6.45) is -3.89. The Morgan fingerprint density at radius 1 is 1.33 bits per heavy atom. The summed E-state index contributed by atoms with van der Waals surface area (Å²) in [4.78, 5) is 11.5. The third kappa shape index (κ3) is 5.59. The fourth-order valence-electron chi connectivity index (χ4n) is 1.53. The number of hydrogen-bond donors (Lipinski definition) is 4. The van der Waals surface area contributed by atoms with Crippen molar-refractivity contribution in [2.24, 2.45) is 10.9 Å². The maximum Gasteiger partial charge on any atom is 0.418 e. The number of para-hydroxylation sites is 1. The summed E-state index contributed by atoms with van der Waals surface area (Å²) in [7, 11) is 0. The number of oxime groups is 1. The largest absolute Gasteiger partial charge is 0.418 e. The molecular weight excluding hydrogens is 289 g/mol. The maximum absolute atomic E-state index is 12.7. The van der Waals surface area contributed by atoms with Crippen LogP contribution in [-0.2, 0) is 6.18 Å². The maximum atomic E-state index is 12.7. The van der Waals surface area contributed by atoms with E-state index in [2.05, 4.69) is 15.8 Å². The molecule has 1 aromatic carbocycles. The van der Waals surface area contributed by atoms with Crippen molar-refractivity contribution in [2.75, 3.05) is 11.9 Å². The van der Waals surface area contributed by atoms with Crippen molar-refractivity contribution in [3.63, 3.8) is 0 Å². The summed E-state index contributed by atoms with van der Waals surface area (Å²) in [5, 5.41) is 15.6. The number of halogens is 3. The van der Waals surface area contributed by atoms with Crippen molar-refractivity contribution in [3.05, 3.63) is 29.8 Å². The van der Waals surface area contributed by atoms with Crippen LogP contribution in [0.1, 0.15) is 18.4 Å². The summed E-state index contributed by atoms with van der Waals surface area (Å²) < 4.78 is 38.1. The van der Waals surface area contributed by atoms with E-state index < -0.39 is 17.8 Å². The first kappa shape index (κ1) is 16.6. The van der Waals surface area contributed by atoms with E-state index in [0.29, 0.717) is 6.42 Å². The smallest absolute Gasteiger partial charge is 0.409 e. The number of carbonyl (C=O) groups excluding carboxylic acids is 1. The number of nitrogens with one attached hydrogen (secondary N) is 2. The molecule has 0 aromatic heterocycles. The van der Waals surface area contributed by atoms with E-state index in [1.165, 1.54) is 18.2 Å². The van der Waals surface area contributed by atoms with E-state index in [0.717, 1.165) is 6.07 Å². The first-order chi connectivity index (χ1) is 9.84. The Bertz CT molecular complexity index is 517. The van der Waals surface area contributed by atoms with Gasteiger partial charge in [-0.25, -0.2) is 4.79 Å². The van der Waals surface area contributed by atoms with Crippen molar-refractivity contribution in [1.29, 1.82) is 0 Å². The van der Waals surface area contributed by atoms with Crippen LogP contribution in [0, 0.1) is 0 Å². The van der Waals surface area contributed by atoms with Crippen molar-refractivity contribution < 1.29 is 23.2 Å². The Kier molecular flexibility index (Phi) is 5.82. The fraction of sp³-hybridized carbons (Fsp3) is 0.333. The quantitative estimate of drug-likeness (QED) is 0.221. The van der Waals surface area contributed by atoms with Crippen molar-refractivity contribution in [3.8, 4) is 0 Å². The normalized spacial score (nSPS) is 12.0. The van der Waals surface area contributed by atoms with E-state index in [-0.39, 0.29) is 24.5 Å². The zero-order valence-electron chi connectivity index (χ0n) is 10.9. The number of carbonyl (C=O) groups is 1. The van der Waals surface area contributed by atoms with E-state index in [1.807, 2.05) is 0 Å². The monoisotopic (exact) mass is 304 g/mol. The molecule has 0 atom stereocenters. The lowest BCUT2D eigenvalue weighted by Crippen LogP contribution is -2.31. The molecular formula is C12H15F3N4O2. The van der Waals surface area contributed by atoms with Gasteiger partial charge in [0.15, 0.2) is 0 Å². The predicted molar refractivity (Wildman–Crippen MR) is 71.1 cm³/mol. The van der Waals surface area contributed by atoms with Gasteiger partial charge in [-0.1, -0.05) is 17.3 Å². The van der Waals surface area contributed by atoms with Crippen molar-refractivity contribution in [2.45, 2.75) is 19.0 Å². The Balaban J connectivity index is 2.52. The minimum atomic E-state index is -4.55. The van der Waals surface area contributed by atoms with Crippen LogP contribution in [0.2, 0.25) is 0 Å². The molecule has 0 bridgehead atoms. The van der Waals surface area contributed by atoms with Gasteiger partial charge >= 0.3 is 12.2 Å². The summed E-state index contributed by atoms with van der Waals surface area (Å²) in [6.45, 7) is 0.177. The van der Waals surface area contributed by atoms with Gasteiger partial charge in [-0.15, -0.1) is 0 Å². The first-order valence-electron chi connectivity index (χ1n) is 6.02. The predicted octanol–water partition coefficient (Wildman–Crippen LogP) is 2.35. The highest BCUT2D eigenvalue weighted by molar-refractivity contribution is 5.90. The highest BCUT2D eigenvalue weighted by Crippen LogP contribution is 2.34. The van der Waals surface area contributed by atoms with Gasteiger partial charge in [-0.05, 0) is 18.6 Å². The molecule has 9 heteroatoms. The zero-order chi connectivity index (χ0) is 15.9. The van der Waals surface area contributed by atoms with Gasteiger partial charge in [0.1, 0.15) is 5.84 Å². The zero-order valence-corrected chi connectivity index (χ0v) is 10.9. The van der Waals surface area contributed by atoms with Gasteiger partial charge in [-0.2, -0.15) is 13.2 Å². The first-order valence-corrected chi connectivity index (χ1v) is 6.02. The van der Waals surface area contributed by atoms with E-state index in [1.54, 1.807) is 0 Å². The number of benzene rings is 1. The Hall–Kier alpha value is -2.45. The van der Waals surface area contributed by atoms with Crippen LogP contribution >= 0.6 is 0 Å². The molecule has 0 fully saturated rings. The molecule has 116 valence electrons. The molecule has 0 aliphatic heterocycles. The highest BCUT2D eigenvalue weighted by Gasteiger charge is 2.33. The molecule has 0 unspecified atom stereocenters. The van der Waals surface area contributed by atoms with E-state index >= 15 is 0 Å². The van der Waals surface area contributed by atoms with Gasteiger partial charge in [0.05, 0.1) is 11.3 Å². The number of hydrogen-bond acceptors (Lipinski definition) is 3. The average molecular weight is 304 g/mol. The minimum absolute atomic E-state index is 0.0135. The third-order valence-corrected chi connectivity index (χ3v) is 2.50. The van der Waals surface area contributed by atoms with Gasteiger partial charge in [0.2, 0.25) is 0 Å². The van der Waals surface area contributed by atoms with Crippen molar-refractivity contribution in [1.82, 2.24) is 5.32 Å². The number of rotatable bonds is 5. The molecule has 0 aliphatic carbocycles. The van der Waals surface area contributed by atoms with Crippen LogP contribution in [0.3, 0.4) is 0 Å². The molecule has 2 amide bonds. The number of nitrogens with two attached hydrogens (primary N) is 1. The lowest BCUT2D eigenvalue weighted by Gasteiger charge is -2.13. The Labute approximate surface area is 118 Å². The second-order valence-corrected chi connectivity index (χ2v) is 4.12. The summed E-state index contributed by atoms with van der Waals surface area (Å²) in [5.74, 6) is 0.0135. The van der Waals surface area contributed by atoms with Crippen LogP contribution < -0.4 is 16.4 Å². The van der Waals surface area contributed by atoms with Gasteiger partial charge in [0.25, 0.3) is 0 Å². The molecule has 1 rings (SSSR count). The van der Waals surface area contributed by atoms with Crippen molar-refractivity contribution >= 4 is 17.6 Å². The molecule has 0 aliphatic rings. The number of amidine groups is 1. The van der Waals surface area contributed by atoms with Crippen LogP contribution in [-0.4, -0.2) is 23.6 Å². The number of nitrogens with zero attached hydrogens (tertiary/aromatic N) is 1. The van der Waals surface area contributed by atoms with Gasteiger partial charge < -0.3 is 21.6 Å². The summed E-state index contributed by atoms with van der Waals surface area (Å²) in [5.41, 5.74) is 3.99. The summed E-state index contributed by atoms with van der Waals surface area (Å²) in [6, 6.07) is 3.92. The number of anilines is 1. The number of amides is 2. The molecule has 5 N–H and O–H groups in total. The second-order valence-electron chi connectivity index (χ2n) is 4.12. The lowest BCUT2D eigenvalue weighted by molar-refractivity contribution is -0.136. The standard InChI is InChI=1S/C12H15F3N4O2/c13-12(14,15)8-4-1-2-5-9(8)18-11(20)17-7-3-6-10(16)19-21/h1-2,4-5,21H,3,6-7H2,(H2,16,19)(H2,17,18,20). The van der Waals surface area contributed by atoms with Gasteiger partial charge in [-0.3, -0.25) is 0 Å². The van der Waals surface area contributed by atoms with Crippen LogP contribution in [0.25, 0.3) is 0 Å². The van der Waals surface area contributed by atoms with E-state index in [4.69, 9.17) is 10.9 Å². The van der Waals surface area contributed by atoms with Crippen LogP contribution in [0.15, 0.2) is 29.4 Å². The fourth-order valence-corrected chi connectivity index (χ4v) is 1.53. The molecule has 0 radical (unpaired) electrons. The van der Waals surface area contributed by atoms with Crippen LogP contribution in [0.5, 0.6) is 0 Å². The molecule has 0 saturated carbocycles. The summed E-state index contributed by atoms with van der Waals surface area (Å²) >= 11 is 0. The van der Waals surface area contributed by atoms with Gasteiger partial charge in [0, 0.05) is 13.0 Å². The molecule has 0 saturated heterocycles. The number of alkyl halides is 3. The molecule has 0 spiro atoms. The topological polar surface area (TPSA) is 99.7 Å². The SMILES string of the molecule is NC(CCCNC(=O)Nc1ccccc1C(F)(F)F)=NO. The molecule has 6 nitrogen and oxygen atoms in total. The Morgan fingerprint density at radius 2 is 2.00 bits per heavy atom. The number of urea groups is 1. The highest BCUT2D eigenvalue weighted by atomic mass is 19.4. The lowest BCUT2D eigenvalue weighted by atomic mass is 10.1. The molecule has 21 heavy (non-hydrogen) atoms. The van der Waals surface area contributed by atoms with E-state index in [9.17, 15) is 18.0 Å². The molecule has 0 heterocycles. The third-order valence-electron chi connectivity index (χ3n) is 2.50. The Morgan fingerprint density at radius 3 is 2.62 bits per heavy atom. The van der Waals surface area contributed by atoms with Crippen LogP contribution in [0.4, 0.5) is 23.7 Å². The average Bonchev–Trinajstić information content (AvgIpc) is 2.42. The minimum Gasteiger partial charge on any atom is -0.409 e. The second kappa shape index (κ2) is 7.36. The molecule has 1 aromatic rings.